The van der Waals surface area contributed by atoms with Gasteiger partial charge < -0.3 is 14.5 Å². The van der Waals surface area contributed by atoms with Gasteiger partial charge in [0.25, 0.3) is 5.91 Å². The van der Waals surface area contributed by atoms with Crippen molar-refractivity contribution in [2.45, 2.75) is 44.9 Å². The molecule has 2 aliphatic rings. The molecule has 0 unspecified atom stereocenters. The zero-order valence-corrected chi connectivity index (χ0v) is 18.6. The SMILES string of the molecule is O=C(Cc1ncccn1)N1CCN(C(=O)c2cccc(OCCC3CCCCC3)c2)CC1. The van der Waals surface area contributed by atoms with Gasteiger partial charge in [0, 0.05) is 44.1 Å². The Morgan fingerprint density at radius 3 is 2.41 bits per heavy atom. The first-order valence-corrected chi connectivity index (χ1v) is 11.7. The molecule has 7 heteroatoms. The molecule has 7 nitrogen and oxygen atoms in total. The molecule has 0 N–H and O–H groups in total. The van der Waals surface area contributed by atoms with E-state index in [4.69, 9.17) is 4.74 Å². The quantitative estimate of drug-likeness (QED) is 0.665. The van der Waals surface area contributed by atoms with Crippen LogP contribution in [0.4, 0.5) is 0 Å². The van der Waals surface area contributed by atoms with Crippen LogP contribution >= 0.6 is 0 Å². The lowest BCUT2D eigenvalue weighted by molar-refractivity contribution is -0.132. The van der Waals surface area contributed by atoms with Gasteiger partial charge in [0.1, 0.15) is 11.6 Å². The van der Waals surface area contributed by atoms with Crippen LogP contribution in [-0.2, 0) is 11.2 Å². The number of carbonyl (C=O) groups excluding carboxylic acids is 2. The fourth-order valence-corrected chi connectivity index (χ4v) is 4.55. The van der Waals surface area contributed by atoms with E-state index in [2.05, 4.69) is 9.97 Å². The van der Waals surface area contributed by atoms with Crippen molar-refractivity contribution in [3.05, 3.63) is 54.1 Å². The van der Waals surface area contributed by atoms with Gasteiger partial charge in [-0.05, 0) is 36.6 Å². The van der Waals surface area contributed by atoms with E-state index >= 15 is 0 Å². The van der Waals surface area contributed by atoms with E-state index in [1.807, 2.05) is 29.2 Å². The molecule has 1 aliphatic heterocycles. The van der Waals surface area contributed by atoms with Crippen molar-refractivity contribution >= 4 is 11.8 Å². The third-order valence-corrected chi connectivity index (χ3v) is 6.45. The maximum absolute atomic E-state index is 13.0. The highest BCUT2D eigenvalue weighted by Gasteiger charge is 2.25. The van der Waals surface area contributed by atoms with Gasteiger partial charge in [0.15, 0.2) is 0 Å². The van der Waals surface area contributed by atoms with Crippen LogP contribution in [0.25, 0.3) is 0 Å². The van der Waals surface area contributed by atoms with Crippen LogP contribution in [0.3, 0.4) is 0 Å². The second-order valence-electron chi connectivity index (χ2n) is 8.68. The lowest BCUT2D eigenvalue weighted by Gasteiger charge is -2.34. The van der Waals surface area contributed by atoms with Gasteiger partial charge in [0.05, 0.1) is 13.0 Å². The van der Waals surface area contributed by atoms with Crippen LogP contribution in [0.5, 0.6) is 5.75 Å². The molecule has 1 aliphatic carbocycles. The summed E-state index contributed by atoms with van der Waals surface area (Å²) in [6.45, 7) is 2.79. The Balaban J connectivity index is 1.24. The summed E-state index contributed by atoms with van der Waals surface area (Å²) in [6.07, 6.45) is 11.2. The van der Waals surface area contributed by atoms with Crippen LogP contribution in [0.2, 0.25) is 0 Å². The number of ether oxygens (including phenoxy) is 1. The third-order valence-electron chi connectivity index (χ3n) is 6.45. The minimum atomic E-state index is -0.0128. The molecule has 2 heterocycles. The van der Waals surface area contributed by atoms with Crippen molar-refractivity contribution in [3.8, 4) is 5.75 Å². The minimum Gasteiger partial charge on any atom is -0.494 e. The average Bonchev–Trinajstić information content (AvgIpc) is 2.85. The van der Waals surface area contributed by atoms with Gasteiger partial charge in [-0.15, -0.1) is 0 Å². The molecule has 2 amide bonds. The van der Waals surface area contributed by atoms with Gasteiger partial charge >= 0.3 is 0 Å². The van der Waals surface area contributed by atoms with Crippen LogP contribution in [-0.4, -0.2) is 64.4 Å². The van der Waals surface area contributed by atoms with Crippen LogP contribution < -0.4 is 4.74 Å². The molecule has 0 bridgehead atoms. The Bertz CT molecular complexity index is 891. The standard InChI is InChI=1S/C25H32N4O3/c30-24(19-23-26-11-5-12-27-23)28-13-15-29(16-14-28)25(31)21-8-4-9-22(18-21)32-17-10-20-6-2-1-3-7-20/h4-5,8-9,11-12,18,20H,1-3,6-7,10,13-17,19H2. The number of amides is 2. The van der Waals surface area contributed by atoms with Crippen LogP contribution in [0.15, 0.2) is 42.7 Å². The normalized spacial score (nSPS) is 17.2. The summed E-state index contributed by atoms with van der Waals surface area (Å²) < 4.78 is 5.96. The summed E-state index contributed by atoms with van der Waals surface area (Å²) in [4.78, 5) is 37.3. The molecule has 0 radical (unpaired) electrons. The number of carbonyl (C=O) groups is 2. The summed E-state index contributed by atoms with van der Waals surface area (Å²) in [5, 5.41) is 0. The zero-order valence-electron chi connectivity index (χ0n) is 18.6. The topological polar surface area (TPSA) is 75.6 Å². The molecule has 2 fully saturated rings. The number of rotatable bonds is 7. The molecule has 170 valence electrons. The zero-order chi connectivity index (χ0) is 22.2. The Labute approximate surface area is 189 Å². The van der Waals surface area contributed by atoms with Crippen molar-refractivity contribution in [3.63, 3.8) is 0 Å². The lowest BCUT2D eigenvalue weighted by atomic mass is 9.87. The number of piperazine rings is 1. The molecule has 1 saturated carbocycles. The number of hydrogen-bond acceptors (Lipinski definition) is 5. The van der Waals surface area contributed by atoms with Crippen molar-refractivity contribution in [1.29, 1.82) is 0 Å². The van der Waals surface area contributed by atoms with E-state index in [1.54, 1.807) is 23.4 Å². The molecular weight excluding hydrogens is 404 g/mol. The van der Waals surface area contributed by atoms with Crippen LogP contribution in [0, 0.1) is 5.92 Å². The second kappa shape index (κ2) is 11.1. The first-order valence-electron chi connectivity index (χ1n) is 11.7. The number of aromatic nitrogens is 2. The van der Waals surface area contributed by atoms with Gasteiger partial charge in [0.2, 0.25) is 5.91 Å². The highest BCUT2D eigenvalue weighted by molar-refractivity contribution is 5.94. The van der Waals surface area contributed by atoms with Gasteiger partial charge in [-0.2, -0.15) is 0 Å². The van der Waals surface area contributed by atoms with E-state index in [0.29, 0.717) is 44.2 Å². The Hall–Kier alpha value is -2.96. The van der Waals surface area contributed by atoms with E-state index in [0.717, 1.165) is 18.1 Å². The summed E-state index contributed by atoms with van der Waals surface area (Å²) >= 11 is 0. The fourth-order valence-electron chi connectivity index (χ4n) is 4.55. The molecule has 32 heavy (non-hydrogen) atoms. The predicted molar refractivity (Wildman–Crippen MR) is 121 cm³/mol. The number of hydrogen-bond donors (Lipinski definition) is 0. The molecule has 2 aromatic rings. The molecule has 0 spiro atoms. The Morgan fingerprint density at radius 1 is 0.938 bits per heavy atom. The average molecular weight is 437 g/mol. The smallest absolute Gasteiger partial charge is 0.254 e. The number of nitrogens with zero attached hydrogens (tertiary/aromatic N) is 4. The number of benzene rings is 1. The fraction of sp³-hybridized carbons (Fsp3) is 0.520. The summed E-state index contributed by atoms with van der Waals surface area (Å²) in [5.74, 6) is 2.04. The lowest BCUT2D eigenvalue weighted by Crippen LogP contribution is -2.51. The maximum atomic E-state index is 13.0. The van der Waals surface area contributed by atoms with E-state index < -0.39 is 0 Å². The molecule has 4 rings (SSSR count). The van der Waals surface area contributed by atoms with Crippen LogP contribution in [0.1, 0.15) is 54.7 Å². The van der Waals surface area contributed by atoms with E-state index in [9.17, 15) is 9.59 Å². The summed E-state index contributed by atoms with van der Waals surface area (Å²) in [7, 11) is 0. The van der Waals surface area contributed by atoms with Crippen molar-refractivity contribution in [2.75, 3.05) is 32.8 Å². The summed E-state index contributed by atoms with van der Waals surface area (Å²) in [5.41, 5.74) is 0.637. The maximum Gasteiger partial charge on any atom is 0.254 e. The monoisotopic (exact) mass is 436 g/mol. The first kappa shape index (κ1) is 22.2. The van der Waals surface area contributed by atoms with E-state index in [1.165, 1.54) is 32.1 Å². The van der Waals surface area contributed by atoms with Gasteiger partial charge in [-0.25, -0.2) is 9.97 Å². The molecule has 0 atom stereocenters. The van der Waals surface area contributed by atoms with Crippen molar-refractivity contribution in [1.82, 2.24) is 19.8 Å². The second-order valence-corrected chi connectivity index (χ2v) is 8.68. The van der Waals surface area contributed by atoms with Crippen molar-refractivity contribution in [2.24, 2.45) is 5.92 Å². The summed E-state index contributed by atoms with van der Waals surface area (Å²) in [6, 6.07) is 9.20. The Morgan fingerprint density at radius 2 is 1.66 bits per heavy atom. The largest absolute Gasteiger partial charge is 0.494 e. The molecule has 1 aromatic heterocycles. The molecular formula is C25H32N4O3. The predicted octanol–water partition coefficient (Wildman–Crippen LogP) is 3.35. The molecule has 1 saturated heterocycles. The van der Waals surface area contributed by atoms with E-state index in [-0.39, 0.29) is 18.2 Å². The van der Waals surface area contributed by atoms with Gasteiger partial charge in [-0.1, -0.05) is 38.2 Å². The molecule has 1 aromatic carbocycles. The highest BCUT2D eigenvalue weighted by Crippen LogP contribution is 2.26. The Kier molecular flexibility index (Phi) is 7.69. The highest BCUT2D eigenvalue weighted by atomic mass is 16.5. The minimum absolute atomic E-state index is 0.00309. The van der Waals surface area contributed by atoms with Crippen molar-refractivity contribution < 1.29 is 14.3 Å². The van der Waals surface area contributed by atoms with Gasteiger partial charge in [-0.3, -0.25) is 9.59 Å². The first-order chi connectivity index (χ1) is 15.7. The third kappa shape index (κ3) is 6.05.